The van der Waals surface area contributed by atoms with E-state index in [4.69, 9.17) is 0 Å². The van der Waals surface area contributed by atoms with Gasteiger partial charge in [-0.25, -0.2) is 13.8 Å². The maximum Gasteiger partial charge on any atom is 0.243 e. The van der Waals surface area contributed by atoms with E-state index in [1.165, 1.54) is 6.33 Å². The fourth-order valence-corrected chi connectivity index (χ4v) is 3.23. The molecule has 28 heavy (non-hydrogen) atoms. The molecule has 0 saturated heterocycles. The molecular formula is C21H24F2N4O. The van der Waals surface area contributed by atoms with Gasteiger partial charge >= 0.3 is 0 Å². The van der Waals surface area contributed by atoms with Crippen LogP contribution in [0.15, 0.2) is 42.7 Å². The molecule has 0 radical (unpaired) electrons. The predicted molar refractivity (Wildman–Crippen MR) is 106 cm³/mol. The summed E-state index contributed by atoms with van der Waals surface area (Å²) >= 11 is 0. The predicted octanol–water partition coefficient (Wildman–Crippen LogP) is 3.89. The Labute approximate surface area is 163 Å². The molecule has 1 heterocycles. The van der Waals surface area contributed by atoms with Crippen LogP contribution in [0.25, 0.3) is 11.0 Å². The number of rotatable bonds is 6. The number of carbonyl (C=O) groups is 1. The summed E-state index contributed by atoms with van der Waals surface area (Å²) in [6.07, 6.45) is 1.46. The number of carbonyl (C=O) groups excluding carboxylic acids is 1. The molecule has 0 aliphatic heterocycles. The van der Waals surface area contributed by atoms with Crippen LogP contribution in [0.2, 0.25) is 0 Å². The van der Waals surface area contributed by atoms with Gasteiger partial charge in [0.25, 0.3) is 0 Å². The Bertz CT molecular complexity index is 997. The molecule has 7 heteroatoms. The first kappa shape index (κ1) is 19.8. The van der Waals surface area contributed by atoms with Crippen LogP contribution in [-0.2, 0) is 11.3 Å². The number of amides is 1. The third-order valence-corrected chi connectivity index (χ3v) is 4.71. The van der Waals surface area contributed by atoms with Crippen LogP contribution < -0.4 is 10.2 Å². The highest BCUT2D eigenvalue weighted by Crippen LogP contribution is 2.25. The van der Waals surface area contributed by atoms with Crippen LogP contribution in [0.4, 0.5) is 14.5 Å². The summed E-state index contributed by atoms with van der Waals surface area (Å²) in [4.78, 5) is 19.1. The lowest BCUT2D eigenvalue weighted by Crippen LogP contribution is -2.35. The van der Waals surface area contributed by atoms with E-state index in [2.05, 4.69) is 10.3 Å². The van der Waals surface area contributed by atoms with Crippen LogP contribution in [0, 0.1) is 17.6 Å². The second-order valence-electron chi connectivity index (χ2n) is 7.38. The number of aromatic nitrogens is 2. The number of nitrogens with zero attached hydrogens (tertiary/aromatic N) is 3. The number of imidazole rings is 1. The van der Waals surface area contributed by atoms with Crippen molar-refractivity contribution in [1.82, 2.24) is 14.9 Å². The average molecular weight is 386 g/mol. The molecule has 1 N–H and O–H groups in total. The first-order valence-corrected chi connectivity index (χ1v) is 9.13. The molecule has 148 valence electrons. The SMILES string of the molecule is CC(C)C(C(=O)NCc1cccc(N(C)C)c1)n1cnc2cc(F)c(F)cc21. The van der Waals surface area contributed by atoms with Gasteiger partial charge in [0.05, 0.1) is 17.4 Å². The van der Waals surface area contributed by atoms with Crippen molar-refractivity contribution in [3.05, 3.63) is 59.9 Å². The third-order valence-electron chi connectivity index (χ3n) is 4.71. The first-order chi connectivity index (χ1) is 13.3. The van der Waals surface area contributed by atoms with Gasteiger partial charge in [-0.1, -0.05) is 26.0 Å². The van der Waals surface area contributed by atoms with Crippen molar-refractivity contribution in [2.75, 3.05) is 19.0 Å². The monoisotopic (exact) mass is 386 g/mol. The standard InChI is InChI=1S/C21H24F2N4O/c1-13(2)20(27-12-25-18-9-16(22)17(23)10-19(18)27)21(28)24-11-14-6-5-7-15(8-14)26(3)4/h5-10,12-13,20H,11H2,1-4H3,(H,24,28). The summed E-state index contributed by atoms with van der Waals surface area (Å²) in [5, 5.41) is 2.95. The number of anilines is 1. The maximum atomic E-state index is 13.7. The second kappa shape index (κ2) is 7.96. The molecule has 3 aromatic rings. The lowest BCUT2D eigenvalue weighted by atomic mass is 10.0. The van der Waals surface area contributed by atoms with Gasteiger partial charge in [-0.15, -0.1) is 0 Å². The fourth-order valence-electron chi connectivity index (χ4n) is 3.23. The Balaban J connectivity index is 1.84. The number of fused-ring (bicyclic) bond motifs is 1. The summed E-state index contributed by atoms with van der Waals surface area (Å²) in [6, 6.07) is 9.43. The van der Waals surface area contributed by atoms with Crippen molar-refractivity contribution in [2.45, 2.75) is 26.4 Å². The summed E-state index contributed by atoms with van der Waals surface area (Å²) < 4.78 is 28.8. The van der Waals surface area contributed by atoms with Crippen molar-refractivity contribution in [3.63, 3.8) is 0 Å². The number of nitrogens with one attached hydrogen (secondary N) is 1. The zero-order valence-corrected chi connectivity index (χ0v) is 16.4. The fraction of sp³-hybridized carbons (Fsp3) is 0.333. The van der Waals surface area contributed by atoms with Crippen LogP contribution in [0.1, 0.15) is 25.5 Å². The van der Waals surface area contributed by atoms with Crippen LogP contribution in [0.3, 0.4) is 0 Å². The van der Waals surface area contributed by atoms with Gasteiger partial charge < -0.3 is 14.8 Å². The molecular weight excluding hydrogens is 362 g/mol. The maximum absolute atomic E-state index is 13.7. The summed E-state index contributed by atoms with van der Waals surface area (Å²) in [5.74, 6) is -2.19. The highest BCUT2D eigenvalue weighted by molar-refractivity contribution is 5.84. The van der Waals surface area contributed by atoms with Crippen molar-refractivity contribution in [1.29, 1.82) is 0 Å². The minimum atomic E-state index is -0.960. The van der Waals surface area contributed by atoms with Gasteiger partial charge in [0, 0.05) is 38.5 Å². The van der Waals surface area contributed by atoms with Gasteiger partial charge in [-0.2, -0.15) is 0 Å². The Morgan fingerprint density at radius 3 is 2.57 bits per heavy atom. The van der Waals surface area contributed by atoms with Gasteiger partial charge in [0.15, 0.2) is 11.6 Å². The normalized spacial score (nSPS) is 12.4. The quantitative estimate of drug-likeness (QED) is 0.699. The molecule has 0 aliphatic carbocycles. The number of benzene rings is 2. The lowest BCUT2D eigenvalue weighted by molar-refractivity contribution is -0.125. The van der Waals surface area contributed by atoms with Crippen LogP contribution in [-0.4, -0.2) is 29.6 Å². The molecule has 1 unspecified atom stereocenters. The topological polar surface area (TPSA) is 50.2 Å². The Morgan fingerprint density at radius 2 is 1.89 bits per heavy atom. The van der Waals surface area contributed by atoms with Gasteiger partial charge in [-0.3, -0.25) is 4.79 Å². The first-order valence-electron chi connectivity index (χ1n) is 9.13. The molecule has 2 aromatic carbocycles. The minimum Gasteiger partial charge on any atom is -0.378 e. The number of hydrogen-bond acceptors (Lipinski definition) is 3. The second-order valence-corrected chi connectivity index (χ2v) is 7.38. The molecule has 3 rings (SSSR count). The highest BCUT2D eigenvalue weighted by Gasteiger charge is 2.26. The zero-order chi connectivity index (χ0) is 20.4. The van der Waals surface area contributed by atoms with Gasteiger partial charge in [0.1, 0.15) is 6.04 Å². The molecule has 1 amide bonds. The van der Waals surface area contributed by atoms with E-state index in [-0.39, 0.29) is 11.8 Å². The summed E-state index contributed by atoms with van der Waals surface area (Å²) in [7, 11) is 3.91. The average Bonchev–Trinajstić information content (AvgIpc) is 3.03. The summed E-state index contributed by atoms with van der Waals surface area (Å²) in [5.41, 5.74) is 2.73. The molecule has 1 aromatic heterocycles. The van der Waals surface area contributed by atoms with E-state index in [0.29, 0.717) is 17.6 Å². The largest absolute Gasteiger partial charge is 0.378 e. The Hall–Kier alpha value is -2.96. The van der Waals surface area contributed by atoms with E-state index in [1.54, 1.807) is 4.57 Å². The molecule has 0 saturated carbocycles. The van der Waals surface area contributed by atoms with Gasteiger partial charge in [-0.05, 0) is 23.6 Å². The van der Waals surface area contributed by atoms with Crippen molar-refractivity contribution in [2.24, 2.45) is 5.92 Å². The van der Waals surface area contributed by atoms with Gasteiger partial charge in [0.2, 0.25) is 5.91 Å². The summed E-state index contributed by atoms with van der Waals surface area (Å²) in [6.45, 7) is 4.19. The van der Waals surface area contributed by atoms with E-state index >= 15 is 0 Å². The van der Waals surface area contributed by atoms with Crippen molar-refractivity contribution < 1.29 is 13.6 Å². The van der Waals surface area contributed by atoms with E-state index < -0.39 is 17.7 Å². The van der Waals surface area contributed by atoms with Crippen molar-refractivity contribution >= 4 is 22.6 Å². The van der Waals surface area contributed by atoms with E-state index in [0.717, 1.165) is 23.4 Å². The molecule has 5 nitrogen and oxygen atoms in total. The Kier molecular flexibility index (Phi) is 5.63. The molecule has 0 spiro atoms. The van der Waals surface area contributed by atoms with E-state index in [9.17, 15) is 13.6 Å². The minimum absolute atomic E-state index is 0.0707. The molecule has 0 bridgehead atoms. The number of hydrogen-bond donors (Lipinski definition) is 1. The zero-order valence-electron chi connectivity index (χ0n) is 16.4. The molecule has 1 atom stereocenters. The lowest BCUT2D eigenvalue weighted by Gasteiger charge is -2.23. The Morgan fingerprint density at radius 1 is 1.18 bits per heavy atom. The van der Waals surface area contributed by atoms with Crippen molar-refractivity contribution in [3.8, 4) is 0 Å². The van der Waals surface area contributed by atoms with E-state index in [1.807, 2.05) is 57.1 Å². The van der Waals surface area contributed by atoms with Crippen LogP contribution in [0.5, 0.6) is 0 Å². The molecule has 0 fully saturated rings. The van der Waals surface area contributed by atoms with Crippen LogP contribution >= 0.6 is 0 Å². The number of halogens is 2. The third kappa shape index (κ3) is 3.98. The smallest absolute Gasteiger partial charge is 0.243 e. The highest BCUT2D eigenvalue weighted by atomic mass is 19.2. The molecule has 0 aliphatic rings.